The Kier molecular flexibility index (Phi) is 7.27. The molecule has 2 aliphatic carbocycles. The molecule has 0 spiro atoms. The van der Waals surface area contributed by atoms with Crippen LogP contribution in [0, 0.1) is 11.8 Å². The number of rotatable bonds is 4. The molecule has 10 heteroatoms. The van der Waals surface area contributed by atoms with Crippen LogP contribution in [0.1, 0.15) is 54.4 Å². The third-order valence-electron chi connectivity index (χ3n) is 3.62. The maximum absolute atomic E-state index is 11.2. The van der Waals surface area contributed by atoms with Gasteiger partial charge in [-0.2, -0.15) is 0 Å². The largest absolute Gasteiger partial charge is 0.481 e. The van der Waals surface area contributed by atoms with Gasteiger partial charge in [0.25, 0.3) is 0 Å². The van der Waals surface area contributed by atoms with Gasteiger partial charge in [-0.15, -0.1) is 0 Å². The summed E-state index contributed by atoms with van der Waals surface area (Å²) in [5, 5.41) is 22.2. The lowest BCUT2D eigenvalue weighted by atomic mass is 10.2. The Morgan fingerprint density at radius 1 is 0.714 bits per heavy atom. The number of ether oxygens (including phenoxy) is 2. The number of amides is 2. The van der Waals surface area contributed by atoms with Crippen LogP contribution in [0.2, 0.25) is 0 Å². The number of carboxylic acids is 2. The molecule has 4 atom stereocenters. The molecule has 2 amide bonds. The van der Waals surface area contributed by atoms with Crippen LogP contribution in [0.25, 0.3) is 0 Å². The minimum absolute atomic E-state index is 0.262. The Morgan fingerprint density at radius 2 is 1.00 bits per heavy atom. The van der Waals surface area contributed by atoms with E-state index in [9.17, 15) is 19.2 Å². The van der Waals surface area contributed by atoms with Gasteiger partial charge in [-0.3, -0.25) is 9.59 Å². The molecule has 4 N–H and O–H groups in total. The standard InChI is InChI=1S/2C9H15NO4/c2*1-9(2,3)14-8(13)10-6-4-5(6)7(11)12/h2*5-6H,4H2,1-3H3,(H,10,13)(H,11,12)/t2*5-,6+/m10/s1. The SMILES string of the molecule is CC(C)(C)OC(=O)N[C@@H]1C[C@@H]1C(=O)O.CC(C)(C)OC(=O)N[C@H]1C[C@H]1C(=O)O. The van der Waals surface area contributed by atoms with Crippen molar-refractivity contribution in [2.45, 2.75) is 77.7 Å². The van der Waals surface area contributed by atoms with E-state index in [2.05, 4.69) is 10.6 Å². The monoisotopic (exact) mass is 402 g/mol. The van der Waals surface area contributed by atoms with Crippen molar-refractivity contribution in [3.8, 4) is 0 Å². The zero-order valence-corrected chi connectivity index (χ0v) is 17.1. The summed E-state index contributed by atoms with van der Waals surface area (Å²) in [5.74, 6) is -2.62. The highest BCUT2D eigenvalue weighted by Crippen LogP contribution is 2.31. The number of hydrogen-bond donors (Lipinski definition) is 4. The maximum Gasteiger partial charge on any atom is 0.407 e. The lowest BCUT2D eigenvalue weighted by Crippen LogP contribution is -2.34. The molecule has 2 saturated carbocycles. The van der Waals surface area contributed by atoms with Crippen molar-refractivity contribution in [3.63, 3.8) is 0 Å². The van der Waals surface area contributed by atoms with Crippen molar-refractivity contribution < 1.29 is 38.9 Å². The molecule has 2 fully saturated rings. The van der Waals surface area contributed by atoms with Crippen molar-refractivity contribution in [1.29, 1.82) is 0 Å². The summed E-state index contributed by atoms with van der Waals surface area (Å²) in [6.07, 6.45) is -0.110. The summed E-state index contributed by atoms with van der Waals surface area (Å²) in [7, 11) is 0. The van der Waals surface area contributed by atoms with Crippen LogP contribution in [-0.4, -0.2) is 57.6 Å². The molecular weight excluding hydrogens is 372 g/mol. The van der Waals surface area contributed by atoms with E-state index < -0.39 is 47.2 Å². The highest BCUT2D eigenvalue weighted by atomic mass is 16.6. The zero-order chi connectivity index (χ0) is 21.9. The molecule has 0 aromatic heterocycles. The number of carboxylic acid groups (broad SMARTS) is 2. The Morgan fingerprint density at radius 3 is 1.18 bits per heavy atom. The van der Waals surface area contributed by atoms with Gasteiger partial charge >= 0.3 is 24.1 Å². The summed E-state index contributed by atoms with van der Waals surface area (Å²) in [5.41, 5.74) is -1.09. The van der Waals surface area contributed by atoms with Gasteiger partial charge in [0.2, 0.25) is 0 Å². The second-order valence-electron chi connectivity index (χ2n) is 8.87. The molecule has 0 unspecified atom stereocenters. The van der Waals surface area contributed by atoms with Crippen LogP contribution in [-0.2, 0) is 19.1 Å². The van der Waals surface area contributed by atoms with E-state index in [1.165, 1.54) is 0 Å². The van der Waals surface area contributed by atoms with E-state index in [0.29, 0.717) is 12.8 Å². The average Bonchev–Trinajstić information content (AvgIpc) is 3.30. The molecule has 160 valence electrons. The maximum atomic E-state index is 11.2. The Hall–Kier alpha value is -2.52. The fourth-order valence-electron chi connectivity index (χ4n) is 2.17. The molecule has 28 heavy (non-hydrogen) atoms. The fourth-order valence-corrected chi connectivity index (χ4v) is 2.17. The highest BCUT2D eigenvalue weighted by molar-refractivity contribution is 5.78. The first-order valence-electron chi connectivity index (χ1n) is 9.03. The summed E-state index contributed by atoms with van der Waals surface area (Å²) in [6, 6.07) is -0.523. The Bertz CT molecular complexity index is 566. The molecule has 0 saturated heterocycles. The second kappa shape index (κ2) is 8.66. The van der Waals surface area contributed by atoms with Crippen molar-refractivity contribution in [1.82, 2.24) is 10.6 Å². The lowest BCUT2D eigenvalue weighted by Gasteiger charge is -2.19. The molecular formula is C18H30N2O8. The molecule has 0 aromatic carbocycles. The van der Waals surface area contributed by atoms with E-state index in [1.54, 1.807) is 41.5 Å². The van der Waals surface area contributed by atoms with E-state index in [1.807, 2.05) is 0 Å². The van der Waals surface area contributed by atoms with Crippen LogP contribution in [0.3, 0.4) is 0 Å². The van der Waals surface area contributed by atoms with Crippen LogP contribution in [0.4, 0.5) is 9.59 Å². The normalized spacial score (nSPS) is 25.4. The summed E-state index contributed by atoms with van der Waals surface area (Å²) < 4.78 is 9.95. The van der Waals surface area contributed by atoms with Crippen molar-refractivity contribution >= 4 is 24.1 Å². The number of alkyl carbamates (subject to hydrolysis) is 2. The molecule has 0 radical (unpaired) electrons. The minimum Gasteiger partial charge on any atom is -0.481 e. The molecule has 2 aliphatic rings. The summed E-state index contributed by atoms with van der Waals surface area (Å²) in [4.78, 5) is 43.2. The van der Waals surface area contributed by atoms with E-state index in [0.717, 1.165) is 0 Å². The molecule has 0 bridgehead atoms. The first-order valence-corrected chi connectivity index (χ1v) is 9.03. The summed E-state index contributed by atoms with van der Waals surface area (Å²) in [6.45, 7) is 10.5. The molecule has 10 nitrogen and oxygen atoms in total. The van der Waals surface area contributed by atoms with E-state index in [-0.39, 0.29) is 12.1 Å². The smallest absolute Gasteiger partial charge is 0.407 e. The third kappa shape index (κ3) is 9.43. The molecule has 0 heterocycles. The number of carbonyl (C=O) groups is 4. The first kappa shape index (κ1) is 23.5. The van der Waals surface area contributed by atoms with Gasteiger partial charge in [0, 0.05) is 12.1 Å². The van der Waals surface area contributed by atoms with Crippen molar-refractivity contribution in [3.05, 3.63) is 0 Å². The van der Waals surface area contributed by atoms with Gasteiger partial charge in [0.05, 0.1) is 11.8 Å². The topological polar surface area (TPSA) is 151 Å². The number of carbonyl (C=O) groups excluding carboxylic acids is 2. The Balaban J connectivity index is 0.000000280. The quantitative estimate of drug-likeness (QED) is 0.557. The summed E-state index contributed by atoms with van der Waals surface area (Å²) >= 11 is 0. The van der Waals surface area contributed by atoms with E-state index in [4.69, 9.17) is 19.7 Å². The van der Waals surface area contributed by atoms with Gasteiger partial charge < -0.3 is 30.3 Å². The van der Waals surface area contributed by atoms with Crippen molar-refractivity contribution in [2.24, 2.45) is 11.8 Å². The van der Waals surface area contributed by atoms with Crippen LogP contribution < -0.4 is 10.6 Å². The lowest BCUT2D eigenvalue weighted by molar-refractivity contribution is -0.139. The van der Waals surface area contributed by atoms with Gasteiger partial charge in [0.1, 0.15) is 11.2 Å². The van der Waals surface area contributed by atoms with E-state index >= 15 is 0 Å². The van der Waals surface area contributed by atoms with Gasteiger partial charge in [-0.1, -0.05) is 0 Å². The zero-order valence-electron chi connectivity index (χ0n) is 17.1. The van der Waals surface area contributed by atoms with Gasteiger partial charge in [-0.25, -0.2) is 9.59 Å². The predicted octanol–water partition coefficient (Wildman–Crippen LogP) is 1.97. The molecule has 0 aromatic rings. The second-order valence-corrected chi connectivity index (χ2v) is 8.87. The predicted molar refractivity (Wildman–Crippen MR) is 97.8 cm³/mol. The number of nitrogens with one attached hydrogen (secondary N) is 2. The first-order chi connectivity index (χ1) is 12.6. The van der Waals surface area contributed by atoms with Gasteiger partial charge in [0.15, 0.2) is 0 Å². The van der Waals surface area contributed by atoms with Crippen LogP contribution in [0.15, 0.2) is 0 Å². The molecule has 0 aliphatic heterocycles. The van der Waals surface area contributed by atoms with Crippen LogP contribution in [0.5, 0.6) is 0 Å². The molecule has 2 rings (SSSR count). The van der Waals surface area contributed by atoms with Crippen LogP contribution >= 0.6 is 0 Å². The van der Waals surface area contributed by atoms with Gasteiger partial charge in [-0.05, 0) is 54.4 Å². The average molecular weight is 402 g/mol. The fraction of sp³-hybridized carbons (Fsp3) is 0.778. The number of aliphatic carboxylic acids is 2. The minimum atomic E-state index is -0.869. The third-order valence-corrected chi connectivity index (χ3v) is 3.62. The highest BCUT2D eigenvalue weighted by Gasteiger charge is 2.45. The Labute approximate surface area is 163 Å². The van der Waals surface area contributed by atoms with Crippen molar-refractivity contribution in [2.75, 3.05) is 0 Å². The number of hydrogen-bond acceptors (Lipinski definition) is 6.